The molecule has 3 heterocycles. The Balaban J connectivity index is 1.56. The average Bonchev–Trinajstić information content (AvgIpc) is 3.45. The van der Waals surface area contributed by atoms with Crippen molar-refractivity contribution in [2.75, 3.05) is 7.11 Å². The maximum absolute atomic E-state index is 15.5. The van der Waals surface area contributed by atoms with Gasteiger partial charge in [-0.2, -0.15) is 18.3 Å². The fourth-order valence-corrected chi connectivity index (χ4v) is 4.24. The lowest BCUT2D eigenvalue weighted by Gasteiger charge is -2.28. The quantitative estimate of drug-likeness (QED) is 0.282. The van der Waals surface area contributed by atoms with E-state index in [0.29, 0.717) is 17.4 Å². The van der Waals surface area contributed by atoms with Crippen LogP contribution in [0.4, 0.5) is 17.6 Å². The first-order valence-corrected chi connectivity index (χ1v) is 11.1. The lowest BCUT2D eigenvalue weighted by molar-refractivity contribution is -0.138. The van der Waals surface area contributed by atoms with Crippen molar-refractivity contribution in [3.05, 3.63) is 83.3 Å². The van der Waals surface area contributed by atoms with Gasteiger partial charge in [0, 0.05) is 18.7 Å². The van der Waals surface area contributed by atoms with Crippen LogP contribution in [0.1, 0.15) is 53.9 Å². The predicted octanol–water partition coefficient (Wildman–Crippen LogP) is 5.14. The number of ether oxygens (including phenoxy) is 1. The number of halogens is 4. The molecule has 0 fully saturated rings. The highest BCUT2D eigenvalue weighted by Crippen LogP contribution is 2.44. The Bertz CT molecular complexity index is 1240. The van der Waals surface area contributed by atoms with E-state index >= 15 is 4.39 Å². The number of rotatable bonds is 7. The van der Waals surface area contributed by atoms with Gasteiger partial charge in [0.05, 0.1) is 31.2 Å². The molecular weight excluding hydrogens is 464 g/mol. The van der Waals surface area contributed by atoms with Crippen LogP contribution in [0.15, 0.2) is 54.8 Å². The van der Waals surface area contributed by atoms with Crippen LogP contribution in [-0.2, 0) is 24.0 Å². The van der Waals surface area contributed by atoms with Crippen LogP contribution in [0.3, 0.4) is 0 Å². The summed E-state index contributed by atoms with van der Waals surface area (Å²) in [4.78, 5) is 8.54. The topological polar surface area (TPSA) is 69.8 Å². The minimum Gasteiger partial charge on any atom is -0.481 e. The second-order valence-corrected chi connectivity index (χ2v) is 8.19. The summed E-state index contributed by atoms with van der Waals surface area (Å²) in [5, 5.41) is 7.48. The second-order valence-electron chi connectivity index (χ2n) is 8.19. The summed E-state index contributed by atoms with van der Waals surface area (Å²) >= 11 is 0. The van der Waals surface area contributed by atoms with Crippen LogP contribution in [0.25, 0.3) is 5.70 Å². The number of benzene rings is 1. The Kier molecular flexibility index (Phi) is 6.95. The summed E-state index contributed by atoms with van der Waals surface area (Å²) < 4.78 is 64.7. The molecule has 2 atom stereocenters. The Morgan fingerprint density at radius 2 is 2.06 bits per heavy atom. The average molecular weight is 491 g/mol. The van der Waals surface area contributed by atoms with Crippen LogP contribution in [-0.4, -0.2) is 31.4 Å². The zero-order valence-corrected chi connectivity index (χ0v) is 19.6. The highest BCUT2D eigenvalue weighted by molar-refractivity contribution is 5.59. The third-order valence-corrected chi connectivity index (χ3v) is 5.82. The van der Waals surface area contributed by atoms with Crippen LogP contribution in [0, 0.1) is 6.92 Å². The van der Waals surface area contributed by atoms with Crippen LogP contribution < -0.4 is 5.32 Å². The zero-order chi connectivity index (χ0) is 25.2. The number of nitrogens with one attached hydrogen (secondary N) is 1. The molecule has 1 aromatic carbocycles. The van der Waals surface area contributed by atoms with Gasteiger partial charge in [0.1, 0.15) is 5.70 Å². The van der Waals surface area contributed by atoms with Gasteiger partial charge in [0.15, 0.2) is 17.8 Å². The molecule has 1 aliphatic rings. The first-order chi connectivity index (χ1) is 16.7. The van der Waals surface area contributed by atoms with Gasteiger partial charge in [-0.3, -0.25) is 0 Å². The van der Waals surface area contributed by atoms with Crippen molar-refractivity contribution in [3.63, 3.8) is 0 Å². The number of hydrogen-bond acceptors (Lipinski definition) is 5. The zero-order valence-electron chi connectivity index (χ0n) is 19.6. The number of methoxy groups -OCH3 is 1. The molecule has 35 heavy (non-hydrogen) atoms. The summed E-state index contributed by atoms with van der Waals surface area (Å²) in [6, 6.07) is 5.13. The largest absolute Gasteiger partial charge is 0.481 e. The van der Waals surface area contributed by atoms with Gasteiger partial charge in [-0.25, -0.2) is 19.0 Å². The van der Waals surface area contributed by atoms with Gasteiger partial charge < -0.3 is 14.6 Å². The number of hydrogen-bond donors (Lipinski definition) is 1. The molecule has 1 aliphatic heterocycles. The fourth-order valence-electron chi connectivity index (χ4n) is 4.24. The number of fused-ring (bicyclic) bond motifs is 1. The van der Waals surface area contributed by atoms with Gasteiger partial charge in [-0.05, 0) is 38.0 Å². The SMILES string of the molecule is C/C=C\C(=C(/NCc1nc2n(n1)CC[C@H](c1ccccc1C(F)(F)F)[C@H]2F)OC)n1cnc(C)c1. The molecule has 0 bridgehead atoms. The van der Waals surface area contributed by atoms with Gasteiger partial charge in [0.25, 0.3) is 0 Å². The lowest BCUT2D eigenvalue weighted by atomic mass is 9.85. The molecule has 0 amide bonds. The molecule has 3 aromatic rings. The monoisotopic (exact) mass is 490 g/mol. The minimum atomic E-state index is -4.56. The van der Waals surface area contributed by atoms with Crippen molar-refractivity contribution >= 4 is 5.70 Å². The van der Waals surface area contributed by atoms with Crippen molar-refractivity contribution in [1.82, 2.24) is 29.6 Å². The van der Waals surface area contributed by atoms with E-state index in [-0.39, 0.29) is 30.9 Å². The van der Waals surface area contributed by atoms with Crippen molar-refractivity contribution < 1.29 is 22.3 Å². The van der Waals surface area contributed by atoms with E-state index in [9.17, 15) is 13.2 Å². The number of aromatic nitrogens is 5. The van der Waals surface area contributed by atoms with Crippen molar-refractivity contribution in [2.24, 2.45) is 0 Å². The molecule has 11 heteroatoms. The summed E-state index contributed by atoms with van der Waals surface area (Å²) in [6.07, 6.45) is 1.12. The fraction of sp³-hybridized carbons (Fsp3) is 0.375. The molecule has 0 saturated heterocycles. The first-order valence-electron chi connectivity index (χ1n) is 11.1. The highest BCUT2D eigenvalue weighted by atomic mass is 19.4. The minimum absolute atomic E-state index is 0.0249. The summed E-state index contributed by atoms with van der Waals surface area (Å²) in [5.41, 5.74) is 0.662. The molecule has 0 unspecified atom stereocenters. The summed E-state index contributed by atoms with van der Waals surface area (Å²) in [5.74, 6) is -0.187. The van der Waals surface area contributed by atoms with E-state index in [0.717, 1.165) is 11.8 Å². The molecule has 4 rings (SSSR count). The summed E-state index contributed by atoms with van der Waals surface area (Å²) in [7, 11) is 1.52. The first kappa shape index (κ1) is 24.5. The van der Waals surface area contributed by atoms with E-state index in [1.54, 1.807) is 10.9 Å². The molecule has 2 aromatic heterocycles. The Labute approximate surface area is 200 Å². The second kappa shape index (κ2) is 9.93. The van der Waals surface area contributed by atoms with E-state index in [1.807, 2.05) is 32.2 Å². The van der Waals surface area contributed by atoms with Gasteiger partial charge in [-0.1, -0.05) is 24.3 Å². The third-order valence-electron chi connectivity index (χ3n) is 5.82. The number of nitrogens with zero attached hydrogens (tertiary/aromatic N) is 5. The van der Waals surface area contributed by atoms with E-state index in [4.69, 9.17) is 4.74 Å². The maximum Gasteiger partial charge on any atom is 0.416 e. The normalized spacial score (nSPS) is 18.9. The molecule has 0 saturated carbocycles. The molecule has 0 radical (unpaired) electrons. The van der Waals surface area contributed by atoms with E-state index in [2.05, 4.69) is 20.4 Å². The van der Waals surface area contributed by atoms with Crippen LogP contribution in [0.2, 0.25) is 0 Å². The van der Waals surface area contributed by atoms with E-state index < -0.39 is 23.8 Å². The summed E-state index contributed by atoms with van der Waals surface area (Å²) in [6.45, 7) is 4.15. The molecule has 186 valence electrons. The Hall–Kier alpha value is -3.63. The lowest BCUT2D eigenvalue weighted by Crippen LogP contribution is -2.24. The smallest absolute Gasteiger partial charge is 0.416 e. The number of allylic oxidation sites excluding steroid dienone is 3. The number of alkyl halides is 4. The third kappa shape index (κ3) is 5.08. The van der Waals surface area contributed by atoms with Crippen molar-refractivity contribution in [2.45, 2.75) is 51.6 Å². The Morgan fingerprint density at radius 3 is 2.71 bits per heavy atom. The van der Waals surface area contributed by atoms with Gasteiger partial charge in [-0.15, -0.1) is 0 Å². The van der Waals surface area contributed by atoms with E-state index in [1.165, 1.54) is 30.0 Å². The molecule has 0 aliphatic carbocycles. The van der Waals surface area contributed by atoms with Crippen LogP contribution >= 0.6 is 0 Å². The van der Waals surface area contributed by atoms with Gasteiger partial charge >= 0.3 is 6.18 Å². The number of aryl methyl sites for hydroxylation is 2. The predicted molar refractivity (Wildman–Crippen MR) is 122 cm³/mol. The standard InChI is InChI=1S/C24H26F4N6O/c1-4-7-19(33-13-15(2)30-14-33)23(35-3)29-12-20-31-22-21(25)17(10-11-34(22)32-20)16-8-5-6-9-18(16)24(26,27)28/h4-9,13-14,17,21,29H,10-12H2,1-3H3/b7-4-,23-19-/t17-,21-/m1/s1. The van der Waals surface area contributed by atoms with Gasteiger partial charge in [0.2, 0.25) is 5.88 Å². The van der Waals surface area contributed by atoms with Crippen LogP contribution in [0.5, 0.6) is 0 Å². The highest BCUT2D eigenvalue weighted by Gasteiger charge is 2.40. The molecule has 0 spiro atoms. The number of imidazole rings is 1. The van der Waals surface area contributed by atoms with Crippen molar-refractivity contribution in [1.29, 1.82) is 0 Å². The molecular formula is C24H26F4N6O. The van der Waals surface area contributed by atoms with Crippen molar-refractivity contribution in [3.8, 4) is 0 Å². The Morgan fingerprint density at radius 1 is 1.29 bits per heavy atom. The molecule has 7 nitrogen and oxygen atoms in total. The maximum atomic E-state index is 15.5. The molecule has 1 N–H and O–H groups in total.